The minimum absolute atomic E-state index is 0.281. The number of likely N-dealkylation sites (tertiary alicyclic amines) is 1. The van der Waals surface area contributed by atoms with Gasteiger partial charge in [-0.2, -0.15) is 0 Å². The minimum atomic E-state index is -0.736. The molecular formula is C18H19NO5. The molecule has 2 aliphatic rings. The number of ether oxygens (including phenoxy) is 1. The van der Waals surface area contributed by atoms with E-state index in [1.165, 1.54) is 0 Å². The number of rotatable bonds is 5. The van der Waals surface area contributed by atoms with Crippen molar-refractivity contribution in [3.63, 3.8) is 0 Å². The summed E-state index contributed by atoms with van der Waals surface area (Å²) in [5.41, 5.74) is 0.449. The first-order valence-electron chi connectivity index (χ1n) is 8.17. The Labute approximate surface area is 139 Å². The molecule has 0 aromatic heterocycles. The van der Waals surface area contributed by atoms with Gasteiger partial charge in [0.05, 0.1) is 11.8 Å². The second-order valence-electron chi connectivity index (χ2n) is 6.21. The monoisotopic (exact) mass is 329 g/mol. The van der Waals surface area contributed by atoms with E-state index in [2.05, 4.69) is 0 Å². The summed E-state index contributed by atoms with van der Waals surface area (Å²) in [6, 6.07) is 8.49. The lowest BCUT2D eigenvalue weighted by atomic mass is 9.81. The number of Topliss-reactive ketones (excluding diaryl/α,β-unsaturated/α-hetero) is 1. The first-order chi connectivity index (χ1) is 11.6. The van der Waals surface area contributed by atoms with Crippen molar-refractivity contribution in [3.05, 3.63) is 35.9 Å². The van der Waals surface area contributed by atoms with Gasteiger partial charge in [-0.1, -0.05) is 43.2 Å². The average Bonchev–Trinajstić information content (AvgIpc) is 2.86. The molecule has 1 saturated carbocycles. The fourth-order valence-corrected chi connectivity index (χ4v) is 3.41. The summed E-state index contributed by atoms with van der Waals surface area (Å²) >= 11 is 0. The van der Waals surface area contributed by atoms with Gasteiger partial charge in [0.25, 0.3) is 0 Å². The Hall–Kier alpha value is -2.50. The summed E-state index contributed by atoms with van der Waals surface area (Å²) in [6.45, 7) is -0.807. The molecule has 1 aromatic rings. The zero-order chi connectivity index (χ0) is 17.1. The lowest BCUT2D eigenvalue weighted by Crippen LogP contribution is -2.37. The standard InChI is InChI=1S/C18H19NO5/c20-15(12-6-2-1-3-7-12)11-24-16(21)10-19-17(22)13-8-4-5-9-14(13)18(19)23/h1-3,6-7,13-14H,4-5,8-11H2/t13-,14+. The lowest BCUT2D eigenvalue weighted by Gasteiger charge is -2.19. The number of amides is 2. The molecule has 0 bridgehead atoms. The second-order valence-corrected chi connectivity index (χ2v) is 6.21. The van der Waals surface area contributed by atoms with Crippen LogP contribution in [0.5, 0.6) is 0 Å². The Balaban J connectivity index is 1.54. The lowest BCUT2D eigenvalue weighted by molar-refractivity contribution is -0.152. The molecule has 6 nitrogen and oxygen atoms in total. The molecule has 6 heteroatoms. The summed E-state index contributed by atoms with van der Waals surface area (Å²) in [5, 5.41) is 0. The van der Waals surface area contributed by atoms with Gasteiger partial charge in [-0.15, -0.1) is 0 Å². The maximum Gasteiger partial charge on any atom is 0.326 e. The highest BCUT2D eigenvalue weighted by Gasteiger charge is 2.48. The average molecular weight is 329 g/mol. The molecule has 1 aliphatic carbocycles. The van der Waals surface area contributed by atoms with E-state index in [4.69, 9.17) is 4.74 Å². The molecule has 1 heterocycles. The molecule has 1 aliphatic heterocycles. The topological polar surface area (TPSA) is 80.8 Å². The van der Waals surface area contributed by atoms with E-state index >= 15 is 0 Å². The maximum atomic E-state index is 12.3. The van der Waals surface area contributed by atoms with Crippen molar-refractivity contribution in [2.45, 2.75) is 25.7 Å². The van der Waals surface area contributed by atoms with Crippen LogP contribution in [0.1, 0.15) is 36.0 Å². The van der Waals surface area contributed by atoms with Crippen molar-refractivity contribution in [3.8, 4) is 0 Å². The number of ketones is 1. The van der Waals surface area contributed by atoms with Crippen molar-refractivity contribution in [2.24, 2.45) is 11.8 Å². The third kappa shape index (κ3) is 3.22. The molecule has 0 radical (unpaired) electrons. The predicted molar refractivity (Wildman–Crippen MR) is 83.9 cm³/mol. The quantitative estimate of drug-likeness (QED) is 0.465. The Morgan fingerprint density at radius 1 is 1.00 bits per heavy atom. The van der Waals surface area contributed by atoms with Crippen molar-refractivity contribution >= 4 is 23.6 Å². The van der Waals surface area contributed by atoms with E-state index in [1.807, 2.05) is 0 Å². The van der Waals surface area contributed by atoms with Gasteiger partial charge in [0.15, 0.2) is 12.4 Å². The third-order valence-corrected chi connectivity index (χ3v) is 4.68. The molecule has 0 unspecified atom stereocenters. The Morgan fingerprint density at radius 3 is 2.17 bits per heavy atom. The molecule has 1 saturated heterocycles. The number of fused-ring (bicyclic) bond motifs is 1. The molecule has 126 valence electrons. The normalized spacial score (nSPS) is 23.1. The van der Waals surface area contributed by atoms with Gasteiger partial charge in [0.1, 0.15) is 6.54 Å². The van der Waals surface area contributed by atoms with Gasteiger partial charge in [0, 0.05) is 5.56 Å². The highest BCUT2D eigenvalue weighted by Crippen LogP contribution is 2.37. The highest BCUT2D eigenvalue weighted by molar-refractivity contribution is 6.07. The molecule has 2 fully saturated rings. The molecule has 1 aromatic carbocycles. The van der Waals surface area contributed by atoms with Gasteiger partial charge in [-0.3, -0.25) is 24.1 Å². The summed E-state index contributed by atoms with van der Waals surface area (Å²) in [4.78, 5) is 49.4. The highest BCUT2D eigenvalue weighted by atomic mass is 16.5. The van der Waals surface area contributed by atoms with Crippen LogP contribution in [0.4, 0.5) is 0 Å². The van der Waals surface area contributed by atoms with E-state index in [9.17, 15) is 19.2 Å². The molecule has 2 atom stereocenters. The summed E-state index contributed by atoms with van der Waals surface area (Å²) in [5.74, 6) is -2.20. The van der Waals surface area contributed by atoms with Gasteiger partial charge in [0.2, 0.25) is 11.8 Å². The van der Waals surface area contributed by atoms with Gasteiger partial charge < -0.3 is 4.74 Å². The number of carbonyl (C=O) groups is 4. The van der Waals surface area contributed by atoms with Crippen molar-refractivity contribution < 1.29 is 23.9 Å². The van der Waals surface area contributed by atoms with Gasteiger partial charge >= 0.3 is 5.97 Å². The zero-order valence-corrected chi connectivity index (χ0v) is 13.3. The van der Waals surface area contributed by atoms with E-state index in [0.717, 1.165) is 17.7 Å². The molecule has 24 heavy (non-hydrogen) atoms. The SMILES string of the molecule is O=C(CN1C(=O)[C@H]2CCCC[C@H]2C1=O)OCC(=O)c1ccccc1. The minimum Gasteiger partial charge on any atom is -0.456 e. The van der Waals surface area contributed by atoms with E-state index in [1.54, 1.807) is 30.3 Å². The van der Waals surface area contributed by atoms with Crippen LogP contribution in [0.2, 0.25) is 0 Å². The van der Waals surface area contributed by atoms with Crippen molar-refractivity contribution in [2.75, 3.05) is 13.2 Å². The molecule has 2 amide bonds. The van der Waals surface area contributed by atoms with E-state index in [-0.39, 0.29) is 29.4 Å². The van der Waals surface area contributed by atoms with Crippen LogP contribution in [0.25, 0.3) is 0 Å². The van der Waals surface area contributed by atoms with Crippen LogP contribution in [-0.4, -0.2) is 41.6 Å². The second kappa shape index (κ2) is 6.95. The Bertz CT molecular complexity index is 645. The molecule has 0 spiro atoms. The van der Waals surface area contributed by atoms with Crippen molar-refractivity contribution in [1.82, 2.24) is 4.90 Å². The van der Waals surface area contributed by atoms with Gasteiger partial charge in [-0.25, -0.2) is 0 Å². The van der Waals surface area contributed by atoms with E-state index < -0.39 is 19.1 Å². The summed E-state index contributed by atoms with van der Waals surface area (Å²) < 4.78 is 4.94. The number of esters is 1. The molecular weight excluding hydrogens is 310 g/mol. The number of benzene rings is 1. The number of carbonyl (C=O) groups excluding carboxylic acids is 4. The Kier molecular flexibility index (Phi) is 4.74. The molecule has 0 N–H and O–H groups in total. The number of imide groups is 1. The van der Waals surface area contributed by atoms with Gasteiger partial charge in [-0.05, 0) is 12.8 Å². The van der Waals surface area contributed by atoms with Crippen LogP contribution >= 0.6 is 0 Å². The molecule has 3 rings (SSSR count). The maximum absolute atomic E-state index is 12.3. The first kappa shape index (κ1) is 16.4. The fraction of sp³-hybridized carbons (Fsp3) is 0.444. The fourth-order valence-electron chi connectivity index (χ4n) is 3.41. The summed E-state index contributed by atoms with van der Waals surface area (Å²) in [7, 11) is 0. The smallest absolute Gasteiger partial charge is 0.326 e. The predicted octanol–water partition coefficient (Wildman–Crippen LogP) is 1.59. The van der Waals surface area contributed by atoms with Crippen LogP contribution in [-0.2, 0) is 19.1 Å². The van der Waals surface area contributed by atoms with Crippen LogP contribution in [0.15, 0.2) is 30.3 Å². The van der Waals surface area contributed by atoms with Crippen LogP contribution in [0, 0.1) is 11.8 Å². The third-order valence-electron chi connectivity index (χ3n) is 4.68. The van der Waals surface area contributed by atoms with Crippen molar-refractivity contribution in [1.29, 1.82) is 0 Å². The number of hydrogen-bond acceptors (Lipinski definition) is 5. The number of hydrogen-bond donors (Lipinski definition) is 0. The Morgan fingerprint density at radius 2 is 1.58 bits per heavy atom. The van der Waals surface area contributed by atoms with E-state index in [0.29, 0.717) is 18.4 Å². The number of nitrogens with zero attached hydrogens (tertiary/aromatic N) is 1. The first-order valence-corrected chi connectivity index (χ1v) is 8.17. The zero-order valence-electron chi connectivity index (χ0n) is 13.3. The summed E-state index contributed by atoms with van der Waals surface area (Å²) in [6.07, 6.45) is 3.27. The van der Waals surface area contributed by atoms with Crippen LogP contribution < -0.4 is 0 Å². The van der Waals surface area contributed by atoms with Crippen LogP contribution in [0.3, 0.4) is 0 Å². The largest absolute Gasteiger partial charge is 0.456 e.